The highest BCUT2D eigenvalue weighted by atomic mass is 79.9. The van der Waals surface area contributed by atoms with Gasteiger partial charge in [-0.05, 0) is 58.8 Å². The van der Waals surface area contributed by atoms with Crippen molar-refractivity contribution in [3.8, 4) is 5.75 Å². The summed E-state index contributed by atoms with van der Waals surface area (Å²) >= 11 is 16.6. The fraction of sp³-hybridized carbons (Fsp3) is 0.148. The number of nitrogens with one attached hydrogen (secondary N) is 1. The van der Waals surface area contributed by atoms with Crippen molar-refractivity contribution in [2.45, 2.75) is 13.5 Å². The normalized spacial score (nSPS) is 11.2. The van der Waals surface area contributed by atoms with Crippen molar-refractivity contribution in [2.75, 3.05) is 18.5 Å². The van der Waals surface area contributed by atoms with E-state index in [0.717, 1.165) is 15.9 Å². The van der Waals surface area contributed by atoms with Crippen LogP contribution in [0.5, 0.6) is 5.75 Å². The SMILES string of the molecule is Cc1nc2c(OCc3c(Cl)ccc(N(C)C(=O)CNC(=O)/C=C/c4ccccc4)c3Cl)cccn2c1Br. The molecule has 10 heteroatoms. The number of anilines is 1. The number of nitrogens with zero attached hydrogens (tertiary/aromatic N) is 3. The Hall–Kier alpha value is -3.33. The minimum Gasteiger partial charge on any atom is -0.485 e. The van der Waals surface area contributed by atoms with Crippen LogP contribution in [0.4, 0.5) is 5.69 Å². The third-order valence-corrected chi connectivity index (χ3v) is 7.36. The molecule has 4 rings (SSSR count). The number of rotatable bonds is 8. The van der Waals surface area contributed by atoms with Gasteiger partial charge in [0, 0.05) is 29.9 Å². The van der Waals surface area contributed by atoms with E-state index < -0.39 is 0 Å². The summed E-state index contributed by atoms with van der Waals surface area (Å²) in [7, 11) is 1.58. The molecule has 2 aromatic carbocycles. The van der Waals surface area contributed by atoms with Crippen molar-refractivity contribution < 1.29 is 14.3 Å². The topological polar surface area (TPSA) is 75.9 Å². The number of hydrogen-bond acceptors (Lipinski definition) is 4. The molecule has 0 atom stereocenters. The lowest BCUT2D eigenvalue weighted by molar-refractivity contribution is -0.122. The summed E-state index contributed by atoms with van der Waals surface area (Å²) in [5, 5.41) is 3.28. The molecule has 0 aliphatic carbocycles. The molecule has 0 aliphatic heterocycles. The molecule has 0 aliphatic rings. The molecule has 0 unspecified atom stereocenters. The Bertz CT molecular complexity index is 1490. The van der Waals surface area contributed by atoms with Crippen molar-refractivity contribution in [3.63, 3.8) is 0 Å². The van der Waals surface area contributed by atoms with Gasteiger partial charge in [0.2, 0.25) is 11.8 Å². The Kier molecular flexibility index (Phi) is 8.53. The summed E-state index contributed by atoms with van der Waals surface area (Å²) in [4.78, 5) is 30.8. The second-order valence-corrected chi connectivity index (χ2v) is 9.65. The van der Waals surface area contributed by atoms with Crippen LogP contribution in [0.25, 0.3) is 11.7 Å². The van der Waals surface area contributed by atoms with Crippen molar-refractivity contribution in [1.29, 1.82) is 0 Å². The number of aromatic nitrogens is 2. The number of halogens is 3. The molecule has 1 N–H and O–H groups in total. The number of benzene rings is 2. The molecule has 4 aromatic rings. The highest BCUT2D eigenvalue weighted by Crippen LogP contribution is 2.35. The van der Waals surface area contributed by atoms with E-state index in [-0.39, 0.29) is 30.0 Å². The van der Waals surface area contributed by atoms with Crippen LogP contribution >= 0.6 is 39.1 Å². The van der Waals surface area contributed by atoms with Crippen LogP contribution in [0.3, 0.4) is 0 Å². The number of carbonyl (C=O) groups is 2. The van der Waals surface area contributed by atoms with Gasteiger partial charge in [-0.15, -0.1) is 0 Å². The Morgan fingerprint density at radius 2 is 1.89 bits per heavy atom. The number of aryl methyl sites for hydroxylation is 1. The molecule has 0 radical (unpaired) electrons. The van der Waals surface area contributed by atoms with E-state index in [1.807, 2.05) is 60.0 Å². The van der Waals surface area contributed by atoms with Crippen LogP contribution in [0, 0.1) is 6.92 Å². The van der Waals surface area contributed by atoms with Crippen LogP contribution in [-0.2, 0) is 16.2 Å². The maximum Gasteiger partial charge on any atom is 0.246 e. The molecule has 2 aromatic heterocycles. The first-order valence-electron chi connectivity index (χ1n) is 11.3. The van der Waals surface area contributed by atoms with E-state index in [4.69, 9.17) is 27.9 Å². The highest BCUT2D eigenvalue weighted by molar-refractivity contribution is 9.10. The molecule has 0 saturated heterocycles. The fourth-order valence-corrected chi connectivity index (χ4v) is 4.56. The third kappa shape index (κ3) is 6.15. The first-order valence-corrected chi connectivity index (χ1v) is 12.8. The standard InChI is InChI=1S/C27H23BrCl2N4O3/c1-17-26(28)34-14-6-9-22(27(34)32-17)37-16-19-20(29)11-12-21(25(19)30)33(2)24(36)15-31-23(35)13-10-18-7-4-3-5-8-18/h3-14H,15-16H2,1-2H3,(H,31,35)/b13-10+. The van der Waals surface area contributed by atoms with E-state index in [9.17, 15) is 9.59 Å². The molecule has 2 amide bonds. The van der Waals surface area contributed by atoms with Gasteiger partial charge in [-0.25, -0.2) is 4.98 Å². The van der Waals surface area contributed by atoms with Gasteiger partial charge < -0.3 is 15.0 Å². The first-order chi connectivity index (χ1) is 17.8. The zero-order valence-corrected chi connectivity index (χ0v) is 23.1. The highest BCUT2D eigenvalue weighted by Gasteiger charge is 2.19. The van der Waals surface area contributed by atoms with Gasteiger partial charge in [0.25, 0.3) is 0 Å². The lowest BCUT2D eigenvalue weighted by atomic mass is 10.2. The van der Waals surface area contributed by atoms with Gasteiger partial charge in [0.1, 0.15) is 11.2 Å². The molecule has 7 nitrogen and oxygen atoms in total. The number of ether oxygens (including phenoxy) is 1. The third-order valence-electron chi connectivity index (χ3n) is 5.63. The summed E-state index contributed by atoms with van der Waals surface area (Å²) in [6.07, 6.45) is 4.94. The molecular formula is C27H23BrCl2N4O3. The van der Waals surface area contributed by atoms with Crippen molar-refractivity contribution >= 4 is 68.4 Å². The minimum absolute atomic E-state index is 0.0672. The number of imidazole rings is 1. The quantitative estimate of drug-likeness (QED) is 0.248. The number of fused-ring (bicyclic) bond motifs is 1. The Morgan fingerprint density at radius 1 is 1.14 bits per heavy atom. The van der Waals surface area contributed by atoms with Gasteiger partial charge in [-0.1, -0.05) is 53.5 Å². The van der Waals surface area contributed by atoms with Crippen molar-refractivity contribution in [3.05, 3.63) is 98.3 Å². The van der Waals surface area contributed by atoms with Gasteiger partial charge in [-0.2, -0.15) is 0 Å². The summed E-state index contributed by atoms with van der Waals surface area (Å²) in [6, 6.07) is 16.4. The Balaban J connectivity index is 1.43. The largest absolute Gasteiger partial charge is 0.485 e. The lowest BCUT2D eigenvalue weighted by Crippen LogP contribution is -2.37. The Morgan fingerprint density at radius 3 is 2.65 bits per heavy atom. The van der Waals surface area contributed by atoms with Gasteiger partial charge in [0.05, 0.1) is 22.9 Å². The zero-order valence-electron chi connectivity index (χ0n) is 20.0. The molecule has 0 fully saturated rings. The number of carbonyl (C=O) groups excluding carboxylic acids is 2. The van der Waals surface area contributed by atoms with Crippen LogP contribution in [0.2, 0.25) is 10.0 Å². The van der Waals surface area contributed by atoms with Crippen molar-refractivity contribution in [1.82, 2.24) is 14.7 Å². The smallest absolute Gasteiger partial charge is 0.246 e. The average Bonchev–Trinajstić information content (AvgIpc) is 3.20. The summed E-state index contributed by atoms with van der Waals surface area (Å²) in [5.41, 5.74) is 3.34. The van der Waals surface area contributed by atoms with Crippen LogP contribution in [0.1, 0.15) is 16.8 Å². The maximum absolute atomic E-state index is 12.8. The number of pyridine rings is 1. The zero-order chi connectivity index (χ0) is 26.5. The predicted molar refractivity (Wildman–Crippen MR) is 150 cm³/mol. The second-order valence-electron chi connectivity index (χ2n) is 8.12. The monoisotopic (exact) mass is 600 g/mol. The van der Waals surface area contributed by atoms with Gasteiger partial charge in [-0.3, -0.25) is 14.0 Å². The number of likely N-dealkylation sites (N-methyl/N-ethyl adjacent to an activating group) is 1. The van der Waals surface area contributed by atoms with Gasteiger partial charge >= 0.3 is 0 Å². The molecule has 37 heavy (non-hydrogen) atoms. The van der Waals surface area contributed by atoms with Gasteiger partial charge in [0.15, 0.2) is 11.4 Å². The molecule has 190 valence electrons. The van der Waals surface area contributed by atoms with E-state index in [1.165, 1.54) is 11.0 Å². The Labute approximate surface area is 232 Å². The first kappa shape index (κ1) is 26.7. The number of hydrogen-bond donors (Lipinski definition) is 1. The van der Waals surface area contributed by atoms with Crippen LogP contribution in [-0.4, -0.2) is 34.8 Å². The summed E-state index contributed by atoms with van der Waals surface area (Å²) in [6.45, 7) is 1.76. The average molecular weight is 602 g/mol. The molecule has 2 heterocycles. The van der Waals surface area contributed by atoms with Crippen molar-refractivity contribution in [2.24, 2.45) is 0 Å². The molecule has 0 spiro atoms. The minimum atomic E-state index is -0.378. The van der Waals surface area contributed by atoms with E-state index in [2.05, 4.69) is 26.2 Å². The second kappa shape index (κ2) is 11.8. The maximum atomic E-state index is 12.8. The molecular weight excluding hydrogens is 579 g/mol. The molecule has 0 bridgehead atoms. The fourth-order valence-electron chi connectivity index (χ4n) is 3.58. The van der Waals surface area contributed by atoms with E-state index in [1.54, 1.807) is 25.3 Å². The summed E-state index contributed by atoms with van der Waals surface area (Å²) < 4.78 is 8.75. The lowest BCUT2D eigenvalue weighted by Gasteiger charge is -2.21. The van der Waals surface area contributed by atoms with Crippen LogP contribution in [0.15, 0.2) is 71.5 Å². The van der Waals surface area contributed by atoms with E-state index in [0.29, 0.717) is 27.7 Å². The van der Waals surface area contributed by atoms with Crippen LogP contribution < -0.4 is 15.0 Å². The summed E-state index contributed by atoms with van der Waals surface area (Å²) in [5.74, 6) is -0.165. The molecule has 0 saturated carbocycles. The van der Waals surface area contributed by atoms with E-state index >= 15 is 0 Å². The predicted octanol–water partition coefficient (Wildman–Crippen LogP) is 6.08. The number of amides is 2.